The number of nitrogens with zero attached hydrogens (tertiary/aromatic N) is 3. The average Bonchev–Trinajstić information content (AvgIpc) is 2.88. The Morgan fingerprint density at radius 2 is 1.97 bits per heavy atom. The second-order valence-corrected chi connectivity index (χ2v) is 10.0. The molecule has 1 aliphatic heterocycles. The van der Waals surface area contributed by atoms with Gasteiger partial charge in [0.25, 0.3) is 0 Å². The van der Waals surface area contributed by atoms with Gasteiger partial charge in [-0.25, -0.2) is 8.78 Å². The van der Waals surface area contributed by atoms with Gasteiger partial charge in [-0.15, -0.1) is 0 Å². The maximum Gasteiger partial charge on any atom is 0.308 e. The van der Waals surface area contributed by atoms with Crippen molar-refractivity contribution in [3.63, 3.8) is 0 Å². The number of rotatable bonds is 8. The highest BCUT2D eigenvalue weighted by molar-refractivity contribution is 5.84. The highest BCUT2D eigenvalue weighted by Crippen LogP contribution is 2.35. The van der Waals surface area contributed by atoms with E-state index in [0.29, 0.717) is 13.1 Å². The SMILES string of the molecule is COc1ccc2nccc([C@@H](CC[C@@H]3CCN(CC#Cc4cc(F)cc(F)c4)C[C@@H]3C(=O)O)N(C)C)c2c1. The summed E-state index contributed by atoms with van der Waals surface area (Å²) >= 11 is 0. The van der Waals surface area contributed by atoms with E-state index in [9.17, 15) is 18.7 Å². The number of benzene rings is 2. The number of hydrogen-bond acceptors (Lipinski definition) is 5. The van der Waals surface area contributed by atoms with Crippen LogP contribution in [0.25, 0.3) is 10.9 Å². The standard InChI is InChI=1S/C30H33F2N3O3/c1-34(2)29(25-10-12-33-28-8-7-24(38-3)18-26(25)28)9-6-21-11-14-35(19-27(21)30(36)37)13-4-5-20-15-22(31)17-23(32)16-20/h7-8,10,12,15-18,21,27,29H,6,9,11,13-14,19H2,1-3H3,(H,36,37)/t21-,27+,29-/m1/s1. The number of pyridine rings is 1. The molecule has 0 radical (unpaired) electrons. The summed E-state index contributed by atoms with van der Waals surface area (Å²) in [5.41, 5.74) is 2.31. The Hall–Kier alpha value is -3.54. The molecule has 1 aliphatic rings. The van der Waals surface area contributed by atoms with E-state index in [1.807, 2.05) is 49.5 Å². The smallest absolute Gasteiger partial charge is 0.308 e. The number of piperidine rings is 1. The summed E-state index contributed by atoms with van der Waals surface area (Å²) in [5.74, 6) is 3.88. The first kappa shape index (κ1) is 27.5. The van der Waals surface area contributed by atoms with Crippen molar-refractivity contribution in [2.75, 3.05) is 40.8 Å². The summed E-state index contributed by atoms with van der Waals surface area (Å²) in [7, 11) is 5.72. The fraction of sp³-hybridized carbons (Fsp3) is 0.400. The maximum absolute atomic E-state index is 13.4. The Kier molecular flexibility index (Phi) is 8.93. The lowest BCUT2D eigenvalue weighted by Crippen LogP contribution is -2.44. The van der Waals surface area contributed by atoms with E-state index >= 15 is 0 Å². The Morgan fingerprint density at radius 1 is 1.21 bits per heavy atom. The van der Waals surface area contributed by atoms with Crippen molar-refractivity contribution >= 4 is 16.9 Å². The van der Waals surface area contributed by atoms with Crippen LogP contribution in [0.4, 0.5) is 8.78 Å². The number of carboxylic acid groups (broad SMARTS) is 1. The molecule has 1 N–H and O–H groups in total. The number of carboxylic acids is 1. The van der Waals surface area contributed by atoms with Gasteiger partial charge in [0.1, 0.15) is 17.4 Å². The van der Waals surface area contributed by atoms with Gasteiger partial charge < -0.3 is 14.7 Å². The van der Waals surface area contributed by atoms with Crippen LogP contribution in [-0.4, -0.2) is 66.7 Å². The molecule has 1 fully saturated rings. The van der Waals surface area contributed by atoms with E-state index < -0.39 is 23.5 Å². The van der Waals surface area contributed by atoms with Gasteiger partial charge in [0.05, 0.1) is 25.1 Å². The average molecular weight is 522 g/mol. The quantitative estimate of drug-likeness (QED) is 0.422. The topological polar surface area (TPSA) is 65.9 Å². The van der Waals surface area contributed by atoms with Crippen molar-refractivity contribution in [1.29, 1.82) is 0 Å². The second-order valence-electron chi connectivity index (χ2n) is 10.0. The van der Waals surface area contributed by atoms with E-state index in [-0.39, 0.29) is 17.5 Å². The lowest BCUT2D eigenvalue weighted by Gasteiger charge is -2.37. The maximum atomic E-state index is 13.4. The number of hydrogen-bond donors (Lipinski definition) is 1. The number of aromatic nitrogens is 1. The van der Waals surface area contributed by atoms with Crippen LogP contribution in [0.1, 0.15) is 36.4 Å². The highest BCUT2D eigenvalue weighted by Gasteiger charge is 2.34. The fourth-order valence-electron chi connectivity index (χ4n) is 5.34. The number of ether oxygens (including phenoxy) is 1. The number of methoxy groups -OCH3 is 1. The molecular weight excluding hydrogens is 488 g/mol. The number of fused-ring (bicyclic) bond motifs is 1. The number of likely N-dealkylation sites (tertiary alicyclic amines) is 1. The fourth-order valence-corrected chi connectivity index (χ4v) is 5.34. The lowest BCUT2D eigenvalue weighted by atomic mass is 9.80. The van der Waals surface area contributed by atoms with Crippen LogP contribution >= 0.6 is 0 Å². The monoisotopic (exact) mass is 521 g/mol. The zero-order chi connectivity index (χ0) is 27.2. The predicted octanol–water partition coefficient (Wildman–Crippen LogP) is 4.98. The third-order valence-electron chi connectivity index (χ3n) is 7.33. The predicted molar refractivity (Wildman–Crippen MR) is 143 cm³/mol. The number of aliphatic carboxylic acids is 1. The third kappa shape index (κ3) is 6.66. The molecule has 200 valence electrons. The van der Waals surface area contributed by atoms with Crippen molar-refractivity contribution < 1.29 is 23.4 Å². The zero-order valence-corrected chi connectivity index (χ0v) is 22.0. The van der Waals surface area contributed by atoms with E-state index in [4.69, 9.17) is 4.74 Å². The largest absolute Gasteiger partial charge is 0.497 e. The lowest BCUT2D eigenvalue weighted by molar-refractivity contribution is -0.146. The van der Waals surface area contributed by atoms with Crippen LogP contribution in [0.3, 0.4) is 0 Å². The number of carbonyl (C=O) groups is 1. The van der Waals surface area contributed by atoms with Crippen molar-refractivity contribution in [1.82, 2.24) is 14.8 Å². The summed E-state index contributed by atoms with van der Waals surface area (Å²) in [4.78, 5) is 20.9. The van der Waals surface area contributed by atoms with Gasteiger partial charge in [-0.2, -0.15) is 0 Å². The van der Waals surface area contributed by atoms with Gasteiger partial charge >= 0.3 is 5.97 Å². The molecule has 6 nitrogen and oxygen atoms in total. The first-order valence-electron chi connectivity index (χ1n) is 12.7. The van der Waals surface area contributed by atoms with E-state index in [0.717, 1.165) is 54.1 Å². The summed E-state index contributed by atoms with van der Waals surface area (Å²) in [5, 5.41) is 11.0. The zero-order valence-electron chi connectivity index (χ0n) is 22.0. The molecule has 3 atom stereocenters. The van der Waals surface area contributed by atoms with Crippen molar-refractivity contribution in [3.05, 3.63) is 71.4 Å². The minimum atomic E-state index is -0.805. The van der Waals surface area contributed by atoms with Gasteiger partial charge in [-0.1, -0.05) is 11.8 Å². The van der Waals surface area contributed by atoms with Crippen LogP contribution < -0.4 is 4.74 Å². The van der Waals surface area contributed by atoms with E-state index in [2.05, 4.69) is 21.7 Å². The molecule has 0 spiro atoms. The summed E-state index contributed by atoms with van der Waals surface area (Å²) in [6, 6.07) is 11.2. The Labute approximate surface area is 222 Å². The molecule has 38 heavy (non-hydrogen) atoms. The van der Waals surface area contributed by atoms with Crippen molar-refractivity contribution in [2.45, 2.75) is 25.3 Å². The molecule has 0 aliphatic carbocycles. The molecule has 4 rings (SSSR count). The molecule has 0 bridgehead atoms. The molecule has 3 aromatic rings. The molecule has 1 saturated heterocycles. The second kappa shape index (κ2) is 12.3. The van der Waals surface area contributed by atoms with Crippen molar-refractivity contribution in [2.24, 2.45) is 11.8 Å². The summed E-state index contributed by atoms with van der Waals surface area (Å²) in [6.07, 6.45) is 4.15. The van der Waals surface area contributed by atoms with Gasteiger partial charge in [0.15, 0.2) is 0 Å². The molecule has 0 unspecified atom stereocenters. The third-order valence-corrected chi connectivity index (χ3v) is 7.33. The van der Waals surface area contributed by atoms with Crippen LogP contribution in [0.15, 0.2) is 48.7 Å². The minimum absolute atomic E-state index is 0.0408. The normalized spacial score (nSPS) is 18.7. The van der Waals surface area contributed by atoms with Crippen molar-refractivity contribution in [3.8, 4) is 17.6 Å². The molecule has 0 amide bonds. The van der Waals surface area contributed by atoms with E-state index in [1.165, 1.54) is 12.1 Å². The Bertz CT molecular complexity index is 1330. The number of halogens is 2. The van der Waals surface area contributed by atoms with Crippen LogP contribution in [0.5, 0.6) is 5.75 Å². The van der Waals surface area contributed by atoms with Crippen LogP contribution in [0.2, 0.25) is 0 Å². The van der Waals surface area contributed by atoms with Crippen LogP contribution in [-0.2, 0) is 4.79 Å². The molecule has 1 aromatic heterocycles. The van der Waals surface area contributed by atoms with Crippen LogP contribution in [0, 0.1) is 35.3 Å². The van der Waals surface area contributed by atoms with E-state index in [1.54, 1.807) is 7.11 Å². The molecule has 2 aromatic carbocycles. The van der Waals surface area contributed by atoms with Gasteiger partial charge in [0, 0.05) is 35.8 Å². The first-order chi connectivity index (χ1) is 18.2. The molecular formula is C30H33F2N3O3. The molecule has 8 heteroatoms. The van der Waals surface area contributed by atoms with Gasteiger partial charge in [0.2, 0.25) is 0 Å². The molecule has 0 saturated carbocycles. The summed E-state index contributed by atoms with van der Waals surface area (Å²) in [6.45, 7) is 1.47. The summed E-state index contributed by atoms with van der Waals surface area (Å²) < 4.78 is 32.2. The molecule has 2 heterocycles. The highest BCUT2D eigenvalue weighted by atomic mass is 19.1. The first-order valence-corrected chi connectivity index (χ1v) is 12.7. The Balaban J connectivity index is 1.44. The van der Waals surface area contributed by atoms with Gasteiger partial charge in [-0.05, 0) is 87.8 Å². The van der Waals surface area contributed by atoms with Gasteiger partial charge in [-0.3, -0.25) is 14.7 Å². The minimum Gasteiger partial charge on any atom is -0.497 e. The Morgan fingerprint density at radius 3 is 2.66 bits per heavy atom.